The van der Waals surface area contributed by atoms with Crippen molar-refractivity contribution >= 4 is 11.9 Å². The highest BCUT2D eigenvalue weighted by molar-refractivity contribution is 5.80. The van der Waals surface area contributed by atoms with Gasteiger partial charge < -0.3 is 14.4 Å². The molecular weight excluding hydrogens is 406 g/mol. The minimum Gasteiger partial charge on any atom is -0.497 e. The smallest absolute Gasteiger partial charge is 0.312 e. The van der Waals surface area contributed by atoms with Gasteiger partial charge in [-0.1, -0.05) is 18.2 Å². The Balaban J connectivity index is 1.61. The first kappa shape index (κ1) is 23.7. The van der Waals surface area contributed by atoms with Crippen LogP contribution in [0, 0.1) is 5.41 Å². The molecule has 1 aromatic heterocycles. The summed E-state index contributed by atoms with van der Waals surface area (Å²) >= 11 is 0. The lowest BCUT2D eigenvalue weighted by Gasteiger charge is -2.40. The van der Waals surface area contributed by atoms with Crippen LogP contribution in [0.25, 0.3) is 0 Å². The third-order valence-corrected chi connectivity index (χ3v) is 6.06. The standard InChI is InChI=1S/C25H33N3O4/c1-4-32-24(30)25(16-20-7-9-22(31-3)10-8-20)11-14-28(15-12-25)23(29)19-27(2)18-21-6-5-13-26-17-21/h5-10,13,17H,4,11-12,14-16,18-19H2,1-3H3. The van der Waals surface area contributed by atoms with E-state index in [-0.39, 0.29) is 11.9 Å². The summed E-state index contributed by atoms with van der Waals surface area (Å²) in [7, 11) is 3.57. The molecule has 0 bridgehead atoms. The second kappa shape index (κ2) is 11.1. The summed E-state index contributed by atoms with van der Waals surface area (Å²) in [6, 6.07) is 11.7. The Morgan fingerprint density at radius 1 is 1.12 bits per heavy atom. The number of pyridine rings is 1. The highest BCUT2D eigenvalue weighted by Crippen LogP contribution is 2.37. The van der Waals surface area contributed by atoms with Crippen molar-refractivity contribution in [3.63, 3.8) is 0 Å². The summed E-state index contributed by atoms with van der Waals surface area (Å²) in [4.78, 5) is 33.8. The van der Waals surface area contributed by atoms with Crippen LogP contribution in [-0.4, -0.2) is 67.1 Å². The number of benzene rings is 1. The van der Waals surface area contributed by atoms with Crippen molar-refractivity contribution in [2.75, 3.05) is 40.4 Å². The summed E-state index contributed by atoms with van der Waals surface area (Å²) in [5, 5.41) is 0. The first-order valence-electron chi connectivity index (χ1n) is 11.1. The molecule has 0 aliphatic carbocycles. The van der Waals surface area contributed by atoms with E-state index in [4.69, 9.17) is 9.47 Å². The summed E-state index contributed by atoms with van der Waals surface area (Å²) in [5.74, 6) is 0.699. The predicted molar refractivity (Wildman–Crippen MR) is 122 cm³/mol. The van der Waals surface area contributed by atoms with Crippen molar-refractivity contribution in [3.8, 4) is 5.75 Å². The van der Waals surface area contributed by atoms with Crippen LogP contribution in [-0.2, 0) is 27.3 Å². The molecule has 2 heterocycles. The number of carbonyl (C=O) groups is 2. The number of carbonyl (C=O) groups excluding carboxylic acids is 2. The van der Waals surface area contributed by atoms with Crippen LogP contribution in [0.5, 0.6) is 5.75 Å². The number of rotatable bonds is 9. The zero-order valence-electron chi connectivity index (χ0n) is 19.3. The highest BCUT2D eigenvalue weighted by atomic mass is 16.5. The molecule has 172 valence electrons. The number of aromatic nitrogens is 1. The maximum atomic E-state index is 12.9. The summed E-state index contributed by atoms with van der Waals surface area (Å²) in [6.45, 7) is 4.28. The van der Waals surface area contributed by atoms with Crippen LogP contribution in [0.1, 0.15) is 30.9 Å². The molecule has 7 nitrogen and oxygen atoms in total. The molecule has 1 fully saturated rings. The molecule has 0 saturated carbocycles. The number of nitrogens with zero attached hydrogens (tertiary/aromatic N) is 3. The molecule has 7 heteroatoms. The van der Waals surface area contributed by atoms with Gasteiger partial charge in [0.2, 0.25) is 5.91 Å². The fourth-order valence-corrected chi connectivity index (χ4v) is 4.25. The van der Waals surface area contributed by atoms with Crippen LogP contribution in [0.3, 0.4) is 0 Å². The van der Waals surface area contributed by atoms with Crippen molar-refractivity contribution in [1.29, 1.82) is 0 Å². The number of piperidine rings is 1. The van der Waals surface area contributed by atoms with E-state index in [1.165, 1.54) is 0 Å². The molecule has 1 aliphatic rings. The largest absolute Gasteiger partial charge is 0.497 e. The minimum atomic E-state index is -0.608. The molecule has 1 aliphatic heterocycles. The monoisotopic (exact) mass is 439 g/mol. The molecule has 1 saturated heterocycles. The first-order valence-corrected chi connectivity index (χ1v) is 11.1. The number of esters is 1. The number of ether oxygens (including phenoxy) is 2. The van der Waals surface area contributed by atoms with Gasteiger partial charge in [-0.05, 0) is 62.6 Å². The molecule has 32 heavy (non-hydrogen) atoms. The van der Waals surface area contributed by atoms with E-state index in [1.807, 2.05) is 66.4 Å². The SMILES string of the molecule is CCOC(=O)C1(Cc2ccc(OC)cc2)CCN(C(=O)CN(C)Cc2cccnc2)CC1. The molecule has 0 unspecified atom stereocenters. The molecule has 0 N–H and O–H groups in total. The Kier molecular flexibility index (Phi) is 8.22. The van der Waals surface area contributed by atoms with Gasteiger partial charge in [0, 0.05) is 32.0 Å². The first-order chi connectivity index (χ1) is 15.5. The quantitative estimate of drug-likeness (QED) is 0.560. The Morgan fingerprint density at radius 3 is 2.44 bits per heavy atom. The maximum absolute atomic E-state index is 12.9. The Morgan fingerprint density at radius 2 is 1.84 bits per heavy atom. The van der Waals surface area contributed by atoms with Gasteiger partial charge in [-0.25, -0.2) is 0 Å². The minimum absolute atomic E-state index is 0.0818. The number of methoxy groups -OCH3 is 1. The Hall–Kier alpha value is -2.93. The second-order valence-corrected chi connectivity index (χ2v) is 8.44. The van der Waals surface area contributed by atoms with E-state index in [0.717, 1.165) is 16.9 Å². The average molecular weight is 440 g/mol. The summed E-state index contributed by atoms with van der Waals surface area (Å²) in [5.41, 5.74) is 1.53. The molecule has 1 amide bonds. The van der Waals surface area contributed by atoms with Gasteiger partial charge in [0.1, 0.15) is 5.75 Å². The number of hydrogen-bond donors (Lipinski definition) is 0. The van der Waals surface area contributed by atoms with E-state index >= 15 is 0 Å². The summed E-state index contributed by atoms with van der Waals surface area (Å²) < 4.78 is 10.7. The van der Waals surface area contributed by atoms with E-state index in [2.05, 4.69) is 4.98 Å². The van der Waals surface area contributed by atoms with Gasteiger partial charge in [0.25, 0.3) is 0 Å². The van der Waals surface area contributed by atoms with Gasteiger partial charge in [-0.2, -0.15) is 0 Å². The lowest BCUT2D eigenvalue weighted by atomic mass is 9.73. The molecule has 3 rings (SSSR count). The van der Waals surface area contributed by atoms with Crippen molar-refractivity contribution in [3.05, 3.63) is 59.9 Å². The van der Waals surface area contributed by atoms with Crippen molar-refractivity contribution in [1.82, 2.24) is 14.8 Å². The van der Waals surface area contributed by atoms with Crippen LogP contribution >= 0.6 is 0 Å². The Labute approximate surface area is 190 Å². The third-order valence-electron chi connectivity index (χ3n) is 6.06. The van der Waals surface area contributed by atoms with E-state index < -0.39 is 5.41 Å². The molecule has 0 atom stereocenters. The lowest BCUT2D eigenvalue weighted by Crippen LogP contribution is -2.50. The molecule has 0 spiro atoms. The van der Waals surface area contributed by atoms with Gasteiger partial charge >= 0.3 is 5.97 Å². The van der Waals surface area contributed by atoms with Gasteiger partial charge in [0.05, 0.1) is 25.7 Å². The molecule has 0 radical (unpaired) electrons. The maximum Gasteiger partial charge on any atom is 0.312 e. The molecule has 2 aromatic rings. The number of likely N-dealkylation sites (tertiary alicyclic amines) is 1. The predicted octanol–water partition coefficient (Wildman–Crippen LogP) is 2.94. The van der Waals surface area contributed by atoms with E-state index in [9.17, 15) is 9.59 Å². The fraction of sp³-hybridized carbons (Fsp3) is 0.480. The van der Waals surface area contributed by atoms with Crippen molar-refractivity contribution in [2.45, 2.75) is 32.7 Å². The number of likely N-dealkylation sites (N-methyl/N-ethyl adjacent to an activating group) is 1. The third kappa shape index (κ3) is 6.07. The van der Waals surface area contributed by atoms with Gasteiger partial charge in [-0.3, -0.25) is 19.5 Å². The Bertz CT molecular complexity index is 878. The van der Waals surface area contributed by atoms with Crippen LogP contribution in [0.2, 0.25) is 0 Å². The lowest BCUT2D eigenvalue weighted by molar-refractivity contribution is -0.160. The fourth-order valence-electron chi connectivity index (χ4n) is 4.25. The zero-order valence-corrected chi connectivity index (χ0v) is 19.3. The van der Waals surface area contributed by atoms with E-state index in [1.54, 1.807) is 13.3 Å². The number of amides is 1. The highest BCUT2D eigenvalue weighted by Gasteiger charge is 2.43. The zero-order chi connectivity index (χ0) is 23.0. The second-order valence-electron chi connectivity index (χ2n) is 8.44. The van der Waals surface area contributed by atoms with Crippen LogP contribution in [0.15, 0.2) is 48.8 Å². The van der Waals surface area contributed by atoms with Gasteiger partial charge in [0.15, 0.2) is 0 Å². The summed E-state index contributed by atoms with van der Waals surface area (Å²) in [6.07, 6.45) is 5.34. The molecular formula is C25H33N3O4. The number of hydrogen-bond acceptors (Lipinski definition) is 6. The topological polar surface area (TPSA) is 72.0 Å². The molecule has 1 aromatic carbocycles. The van der Waals surface area contributed by atoms with Crippen LogP contribution in [0.4, 0.5) is 0 Å². The normalized spacial score (nSPS) is 15.4. The van der Waals surface area contributed by atoms with Gasteiger partial charge in [-0.15, -0.1) is 0 Å². The van der Waals surface area contributed by atoms with E-state index in [0.29, 0.717) is 52.0 Å². The van der Waals surface area contributed by atoms with Crippen LogP contribution < -0.4 is 4.74 Å². The van der Waals surface area contributed by atoms with Crippen molar-refractivity contribution in [2.24, 2.45) is 5.41 Å². The average Bonchev–Trinajstić information content (AvgIpc) is 2.80. The van der Waals surface area contributed by atoms with Crippen molar-refractivity contribution < 1.29 is 19.1 Å².